The Labute approximate surface area is 95.5 Å². The van der Waals surface area contributed by atoms with Crippen molar-refractivity contribution in [1.82, 2.24) is 4.98 Å². The number of pyridine rings is 1. The molecule has 0 unspecified atom stereocenters. The van der Waals surface area contributed by atoms with E-state index in [4.69, 9.17) is 11.5 Å². The van der Waals surface area contributed by atoms with E-state index in [0.717, 1.165) is 23.7 Å². The van der Waals surface area contributed by atoms with Crippen molar-refractivity contribution in [2.45, 2.75) is 18.9 Å². The molecule has 0 spiro atoms. The zero-order valence-electron chi connectivity index (χ0n) is 9.26. The number of fused-ring (bicyclic) bond motifs is 1. The number of hydrogen-bond donors (Lipinski definition) is 2. The number of nitrogens with zero attached hydrogens (tertiary/aromatic N) is 1. The van der Waals surface area contributed by atoms with Gasteiger partial charge in [-0.3, -0.25) is 4.98 Å². The van der Waals surface area contributed by atoms with E-state index in [9.17, 15) is 0 Å². The van der Waals surface area contributed by atoms with Crippen molar-refractivity contribution in [2.24, 2.45) is 11.5 Å². The summed E-state index contributed by atoms with van der Waals surface area (Å²) in [5.74, 6) is 0. The minimum Gasteiger partial charge on any atom is -0.330 e. The van der Waals surface area contributed by atoms with Crippen LogP contribution < -0.4 is 11.5 Å². The van der Waals surface area contributed by atoms with Crippen molar-refractivity contribution in [3.05, 3.63) is 42.1 Å². The molecule has 1 aromatic heterocycles. The summed E-state index contributed by atoms with van der Waals surface area (Å²) in [5.41, 5.74) is 13.8. The Morgan fingerprint density at radius 3 is 2.81 bits per heavy atom. The smallest absolute Gasteiger partial charge is 0.0705 e. The van der Waals surface area contributed by atoms with E-state index >= 15 is 0 Å². The molecule has 84 valence electrons. The van der Waals surface area contributed by atoms with E-state index < -0.39 is 0 Å². The van der Waals surface area contributed by atoms with E-state index in [0.29, 0.717) is 6.54 Å². The molecule has 0 aliphatic heterocycles. The standard InChI is InChI=1S/C13H17N3/c14-8-3-5-12(15)10-7-9-16-13-6-2-1-4-11(10)13/h1-2,4,6-7,9,12H,3,5,8,14-15H2/t12-/m0/s1. The number of hydrogen-bond acceptors (Lipinski definition) is 3. The molecule has 2 rings (SSSR count). The predicted octanol–water partition coefficient (Wildman–Crippen LogP) is 1.97. The monoisotopic (exact) mass is 215 g/mol. The molecule has 1 aromatic carbocycles. The summed E-state index contributed by atoms with van der Waals surface area (Å²) < 4.78 is 0. The molecule has 2 aromatic rings. The molecule has 0 aliphatic carbocycles. The molecule has 0 aliphatic rings. The van der Waals surface area contributed by atoms with Crippen molar-refractivity contribution < 1.29 is 0 Å². The van der Waals surface area contributed by atoms with Crippen molar-refractivity contribution in [2.75, 3.05) is 6.54 Å². The van der Waals surface area contributed by atoms with Crippen LogP contribution in [0.1, 0.15) is 24.4 Å². The van der Waals surface area contributed by atoms with Gasteiger partial charge in [0, 0.05) is 17.6 Å². The summed E-state index contributed by atoms with van der Waals surface area (Å²) >= 11 is 0. The third-order valence-electron chi connectivity index (χ3n) is 2.80. The molecule has 4 N–H and O–H groups in total. The highest BCUT2D eigenvalue weighted by Crippen LogP contribution is 2.23. The third-order valence-corrected chi connectivity index (χ3v) is 2.80. The molecule has 0 radical (unpaired) electrons. The van der Waals surface area contributed by atoms with Gasteiger partial charge in [-0.2, -0.15) is 0 Å². The van der Waals surface area contributed by atoms with Crippen LogP contribution in [0.2, 0.25) is 0 Å². The summed E-state index contributed by atoms with van der Waals surface area (Å²) in [4.78, 5) is 4.32. The summed E-state index contributed by atoms with van der Waals surface area (Å²) in [7, 11) is 0. The van der Waals surface area contributed by atoms with Crippen molar-refractivity contribution in [3.63, 3.8) is 0 Å². The molecule has 0 fully saturated rings. The lowest BCUT2D eigenvalue weighted by molar-refractivity contribution is 0.621. The maximum Gasteiger partial charge on any atom is 0.0705 e. The Morgan fingerprint density at radius 2 is 2.00 bits per heavy atom. The Hall–Kier alpha value is -1.45. The summed E-state index contributed by atoms with van der Waals surface area (Å²) in [6.45, 7) is 0.691. The van der Waals surface area contributed by atoms with Gasteiger partial charge >= 0.3 is 0 Å². The van der Waals surface area contributed by atoms with E-state index in [2.05, 4.69) is 11.1 Å². The van der Waals surface area contributed by atoms with Crippen LogP contribution in [0.4, 0.5) is 0 Å². The van der Waals surface area contributed by atoms with Gasteiger partial charge in [-0.1, -0.05) is 18.2 Å². The molecule has 0 bridgehead atoms. The highest BCUT2D eigenvalue weighted by molar-refractivity contribution is 5.82. The van der Waals surface area contributed by atoms with Gasteiger partial charge in [-0.25, -0.2) is 0 Å². The molecular formula is C13H17N3. The average Bonchev–Trinajstić information content (AvgIpc) is 2.35. The lowest BCUT2D eigenvalue weighted by atomic mass is 9.99. The lowest BCUT2D eigenvalue weighted by Crippen LogP contribution is -2.13. The van der Waals surface area contributed by atoms with Gasteiger partial charge in [0.2, 0.25) is 0 Å². The Kier molecular flexibility index (Phi) is 3.49. The SMILES string of the molecule is NCCC[C@H](N)c1ccnc2ccccc12. The third kappa shape index (κ3) is 2.21. The number of rotatable bonds is 4. The first-order valence-corrected chi connectivity index (χ1v) is 5.62. The number of nitrogens with two attached hydrogens (primary N) is 2. The Morgan fingerprint density at radius 1 is 1.19 bits per heavy atom. The van der Waals surface area contributed by atoms with Gasteiger partial charge < -0.3 is 11.5 Å². The summed E-state index contributed by atoms with van der Waals surface area (Å²) in [6, 6.07) is 10.1. The molecular weight excluding hydrogens is 198 g/mol. The van der Waals surface area contributed by atoms with E-state index in [1.54, 1.807) is 0 Å². The van der Waals surface area contributed by atoms with Gasteiger partial charge in [0.1, 0.15) is 0 Å². The first-order chi connectivity index (χ1) is 7.83. The van der Waals surface area contributed by atoms with Crippen LogP contribution in [0, 0.1) is 0 Å². The molecule has 0 saturated carbocycles. The highest BCUT2D eigenvalue weighted by atomic mass is 14.7. The Balaban J connectivity index is 2.36. The van der Waals surface area contributed by atoms with Crippen LogP contribution in [0.3, 0.4) is 0 Å². The lowest BCUT2D eigenvalue weighted by Gasteiger charge is -2.13. The molecule has 1 heterocycles. The minimum absolute atomic E-state index is 0.0523. The molecule has 3 heteroatoms. The topological polar surface area (TPSA) is 64.9 Å². The normalized spacial score (nSPS) is 12.9. The molecule has 1 atom stereocenters. The second kappa shape index (κ2) is 5.05. The fraction of sp³-hybridized carbons (Fsp3) is 0.308. The van der Waals surface area contributed by atoms with Crippen LogP contribution >= 0.6 is 0 Å². The average molecular weight is 215 g/mol. The van der Waals surface area contributed by atoms with E-state index in [-0.39, 0.29) is 6.04 Å². The van der Waals surface area contributed by atoms with Crippen molar-refractivity contribution >= 4 is 10.9 Å². The van der Waals surface area contributed by atoms with Crippen molar-refractivity contribution in [3.8, 4) is 0 Å². The first kappa shape index (κ1) is 11.0. The predicted molar refractivity (Wildman–Crippen MR) is 67.0 cm³/mol. The van der Waals surface area contributed by atoms with Crippen LogP contribution in [-0.4, -0.2) is 11.5 Å². The molecule has 0 saturated heterocycles. The van der Waals surface area contributed by atoms with Crippen LogP contribution in [-0.2, 0) is 0 Å². The number of aromatic nitrogens is 1. The van der Waals surface area contributed by atoms with Gasteiger partial charge in [-0.05, 0) is 37.1 Å². The maximum absolute atomic E-state index is 6.16. The highest BCUT2D eigenvalue weighted by Gasteiger charge is 2.09. The quantitative estimate of drug-likeness (QED) is 0.819. The molecule has 3 nitrogen and oxygen atoms in total. The minimum atomic E-state index is 0.0523. The fourth-order valence-corrected chi connectivity index (χ4v) is 1.93. The zero-order valence-corrected chi connectivity index (χ0v) is 9.26. The van der Waals surface area contributed by atoms with Crippen molar-refractivity contribution in [1.29, 1.82) is 0 Å². The second-order valence-electron chi connectivity index (χ2n) is 3.95. The van der Waals surface area contributed by atoms with Gasteiger partial charge in [0.15, 0.2) is 0 Å². The number of benzene rings is 1. The number of para-hydroxylation sites is 1. The van der Waals surface area contributed by atoms with Gasteiger partial charge in [0.05, 0.1) is 5.52 Å². The van der Waals surface area contributed by atoms with Crippen LogP contribution in [0.25, 0.3) is 10.9 Å². The molecule has 0 amide bonds. The van der Waals surface area contributed by atoms with Gasteiger partial charge in [0.25, 0.3) is 0 Å². The van der Waals surface area contributed by atoms with Crippen LogP contribution in [0.5, 0.6) is 0 Å². The summed E-state index contributed by atoms with van der Waals surface area (Å²) in [6.07, 6.45) is 3.70. The van der Waals surface area contributed by atoms with E-state index in [1.807, 2.05) is 30.5 Å². The largest absolute Gasteiger partial charge is 0.330 e. The maximum atomic E-state index is 6.16. The zero-order chi connectivity index (χ0) is 11.4. The molecule has 16 heavy (non-hydrogen) atoms. The summed E-state index contributed by atoms with van der Waals surface area (Å²) in [5, 5.41) is 1.15. The first-order valence-electron chi connectivity index (χ1n) is 5.62. The fourth-order valence-electron chi connectivity index (χ4n) is 1.93. The van der Waals surface area contributed by atoms with Gasteiger partial charge in [-0.15, -0.1) is 0 Å². The van der Waals surface area contributed by atoms with E-state index in [1.165, 1.54) is 5.56 Å². The Bertz CT molecular complexity index is 462. The second-order valence-corrected chi connectivity index (χ2v) is 3.95. The van der Waals surface area contributed by atoms with Crippen LogP contribution in [0.15, 0.2) is 36.5 Å².